The van der Waals surface area contributed by atoms with Crippen LogP contribution in [0, 0.1) is 13.8 Å². The van der Waals surface area contributed by atoms with Gasteiger partial charge in [-0.3, -0.25) is 4.79 Å². The summed E-state index contributed by atoms with van der Waals surface area (Å²) in [6.45, 7) is 4.01. The van der Waals surface area contributed by atoms with Crippen LogP contribution in [0.1, 0.15) is 34.2 Å². The highest BCUT2D eigenvalue weighted by molar-refractivity contribution is 5.93. The fourth-order valence-electron chi connectivity index (χ4n) is 2.94. The average Bonchev–Trinajstić information content (AvgIpc) is 2.47. The van der Waals surface area contributed by atoms with Crippen molar-refractivity contribution in [2.75, 3.05) is 5.31 Å². The van der Waals surface area contributed by atoms with Gasteiger partial charge in [0.15, 0.2) is 1.41 Å². The number of amides is 1. The van der Waals surface area contributed by atoms with Gasteiger partial charge in [0.1, 0.15) is 5.75 Å². The molecule has 0 spiro atoms. The Morgan fingerprint density at radius 1 is 1.19 bits per heavy atom. The molecular weight excluding hydrogens is 262 g/mol. The molecule has 0 atom stereocenters. The van der Waals surface area contributed by atoms with Crippen molar-refractivity contribution in [2.45, 2.75) is 33.1 Å². The fourth-order valence-corrected chi connectivity index (χ4v) is 2.94. The molecule has 2 N–H and O–H groups in total. The molecule has 21 heavy (non-hydrogen) atoms. The van der Waals surface area contributed by atoms with E-state index in [1.807, 2.05) is 26.0 Å². The van der Waals surface area contributed by atoms with E-state index in [-0.39, 0.29) is 5.91 Å². The molecule has 0 aromatic heterocycles. The maximum atomic E-state index is 11.6. The molecule has 0 radical (unpaired) electrons. The van der Waals surface area contributed by atoms with Gasteiger partial charge < -0.3 is 10.4 Å². The number of aryl methyl sites for hydroxylation is 3. The number of hydrogen-bond donors (Lipinski definition) is 2. The molecule has 108 valence electrons. The normalized spacial score (nSPS) is 14.9. The van der Waals surface area contributed by atoms with Crippen LogP contribution in [0.25, 0.3) is 0 Å². The quantitative estimate of drug-likeness (QED) is 0.886. The van der Waals surface area contributed by atoms with Crippen molar-refractivity contribution in [3.63, 3.8) is 0 Å². The van der Waals surface area contributed by atoms with E-state index in [9.17, 15) is 9.90 Å². The molecule has 0 bridgehead atoms. The molecule has 1 amide bonds. The molecule has 1 heterocycles. The Hall–Kier alpha value is -2.29. The first-order valence-corrected chi connectivity index (χ1v) is 7.18. The highest BCUT2D eigenvalue weighted by Gasteiger charge is 2.15. The zero-order chi connectivity index (χ0) is 15.9. The number of anilines is 1. The maximum absolute atomic E-state index is 11.6. The SMILES string of the molecule is [2H]N1C(=O)CCc2cc(Cc3c(C)cc(O)cc3C)ccc21. The van der Waals surface area contributed by atoms with Gasteiger partial charge in [-0.15, -0.1) is 0 Å². The van der Waals surface area contributed by atoms with E-state index in [0.29, 0.717) is 24.3 Å². The summed E-state index contributed by atoms with van der Waals surface area (Å²) < 4.78 is 7.80. The zero-order valence-corrected chi connectivity index (χ0v) is 12.3. The van der Waals surface area contributed by atoms with Crippen LogP contribution in [0.3, 0.4) is 0 Å². The van der Waals surface area contributed by atoms with Crippen LogP contribution in [0.4, 0.5) is 5.69 Å². The van der Waals surface area contributed by atoms with Crippen LogP contribution in [-0.2, 0) is 17.6 Å². The van der Waals surface area contributed by atoms with Crippen LogP contribution < -0.4 is 5.31 Å². The summed E-state index contributed by atoms with van der Waals surface area (Å²) in [5, 5.41) is 10.6. The van der Waals surface area contributed by atoms with Crippen molar-refractivity contribution in [1.29, 1.82) is 0 Å². The average molecular weight is 282 g/mol. The predicted molar refractivity (Wildman–Crippen MR) is 83.8 cm³/mol. The molecule has 0 aliphatic carbocycles. The minimum Gasteiger partial charge on any atom is -0.508 e. The summed E-state index contributed by atoms with van der Waals surface area (Å²) in [6, 6.07) is 9.50. The van der Waals surface area contributed by atoms with Gasteiger partial charge in [0.2, 0.25) is 5.91 Å². The Balaban J connectivity index is 1.93. The van der Waals surface area contributed by atoms with Gasteiger partial charge in [0.05, 0.1) is 0 Å². The summed E-state index contributed by atoms with van der Waals surface area (Å²) in [4.78, 5) is 11.6. The number of rotatable bonds is 2. The summed E-state index contributed by atoms with van der Waals surface area (Å²) in [5.74, 6) is 0.151. The van der Waals surface area contributed by atoms with Gasteiger partial charge in [0.25, 0.3) is 0 Å². The lowest BCUT2D eigenvalue weighted by atomic mass is 9.93. The van der Waals surface area contributed by atoms with E-state index in [4.69, 9.17) is 1.41 Å². The van der Waals surface area contributed by atoms with Crippen molar-refractivity contribution >= 4 is 11.6 Å². The number of phenols is 1. The Bertz CT molecular complexity index is 732. The van der Waals surface area contributed by atoms with E-state index < -0.39 is 0 Å². The van der Waals surface area contributed by atoms with E-state index >= 15 is 0 Å². The first-order chi connectivity index (χ1) is 10.5. The number of phenolic OH excluding ortho intramolecular Hbond substituents is 1. The number of nitrogens with one attached hydrogen (secondary N) is 1. The molecule has 2 aromatic carbocycles. The Morgan fingerprint density at radius 3 is 2.62 bits per heavy atom. The standard InChI is InChI=1S/C18H19NO2/c1-11-7-15(20)8-12(2)16(11)10-13-3-5-17-14(9-13)4-6-18(21)19-17/h3,5,7-9,20H,4,6,10H2,1-2H3,(H,19,21)/i/hD. The third-order valence-electron chi connectivity index (χ3n) is 4.06. The summed E-state index contributed by atoms with van der Waals surface area (Å²) in [6.07, 6.45) is 1.89. The molecule has 0 unspecified atom stereocenters. The van der Waals surface area contributed by atoms with Gasteiger partial charge >= 0.3 is 0 Å². The van der Waals surface area contributed by atoms with Gasteiger partial charge in [0, 0.05) is 12.1 Å². The third kappa shape index (κ3) is 2.77. The first-order valence-electron chi connectivity index (χ1n) is 7.63. The van der Waals surface area contributed by atoms with Crippen LogP contribution in [0.2, 0.25) is 1.41 Å². The number of carbonyl (C=O) groups is 1. The van der Waals surface area contributed by atoms with E-state index in [1.165, 1.54) is 11.1 Å². The Morgan fingerprint density at radius 2 is 1.90 bits per heavy atom. The minimum atomic E-state index is -0.148. The Kier molecular flexibility index (Phi) is 3.11. The molecule has 3 nitrogen and oxygen atoms in total. The van der Waals surface area contributed by atoms with E-state index in [2.05, 4.69) is 6.07 Å². The molecule has 0 saturated carbocycles. The van der Waals surface area contributed by atoms with Crippen molar-refractivity contribution in [3.05, 3.63) is 58.1 Å². The molecule has 1 aliphatic heterocycles. The first kappa shape index (κ1) is 12.5. The van der Waals surface area contributed by atoms with Crippen molar-refractivity contribution in [1.82, 2.24) is 0 Å². The van der Waals surface area contributed by atoms with Crippen LogP contribution in [0.5, 0.6) is 5.75 Å². The predicted octanol–water partition coefficient (Wildman–Crippen LogP) is 3.48. The number of benzene rings is 2. The lowest BCUT2D eigenvalue weighted by Gasteiger charge is -2.18. The second-order valence-corrected chi connectivity index (χ2v) is 5.70. The van der Waals surface area contributed by atoms with Crippen molar-refractivity contribution < 1.29 is 11.3 Å². The zero-order valence-electron chi connectivity index (χ0n) is 13.3. The number of carbonyl (C=O) groups excluding carboxylic acids is 1. The van der Waals surface area contributed by atoms with Gasteiger partial charge in [-0.2, -0.15) is 0 Å². The van der Waals surface area contributed by atoms with Gasteiger partial charge in [-0.1, -0.05) is 12.1 Å². The van der Waals surface area contributed by atoms with E-state index in [1.54, 1.807) is 12.1 Å². The highest BCUT2D eigenvalue weighted by Crippen LogP contribution is 2.27. The fraction of sp³-hybridized carbons (Fsp3) is 0.278. The van der Waals surface area contributed by atoms with Gasteiger partial charge in [-0.05, 0) is 72.7 Å². The number of aromatic hydroxyl groups is 1. The monoisotopic (exact) mass is 282 g/mol. The van der Waals surface area contributed by atoms with Crippen molar-refractivity contribution in [2.24, 2.45) is 0 Å². The van der Waals surface area contributed by atoms with Crippen molar-refractivity contribution in [3.8, 4) is 5.75 Å². The molecule has 0 saturated heterocycles. The van der Waals surface area contributed by atoms with E-state index in [0.717, 1.165) is 28.4 Å². The molecular formula is C18H19NO2. The summed E-state index contributed by atoms with van der Waals surface area (Å²) in [7, 11) is 0. The second kappa shape index (κ2) is 5.24. The molecule has 1 aliphatic rings. The lowest BCUT2D eigenvalue weighted by Crippen LogP contribution is -2.19. The Labute approximate surface area is 126 Å². The molecule has 0 fully saturated rings. The topological polar surface area (TPSA) is 49.3 Å². The number of hydrogen-bond acceptors (Lipinski definition) is 2. The summed E-state index contributed by atoms with van der Waals surface area (Å²) in [5.41, 5.74) is 6.28. The van der Waals surface area contributed by atoms with Crippen LogP contribution in [-0.4, -0.2) is 11.0 Å². The lowest BCUT2D eigenvalue weighted by molar-refractivity contribution is -0.116. The molecule has 3 heteroatoms. The molecule has 2 aromatic rings. The highest BCUT2D eigenvalue weighted by atomic mass is 16.3. The molecule has 3 rings (SSSR count). The minimum absolute atomic E-state index is 0.148. The van der Waals surface area contributed by atoms with Gasteiger partial charge in [-0.25, -0.2) is 0 Å². The van der Waals surface area contributed by atoms with Crippen LogP contribution in [0.15, 0.2) is 30.3 Å². The maximum Gasteiger partial charge on any atom is 0.224 e. The third-order valence-corrected chi connectivity index (χ3v) is 4.06. The second-order valence-electron chi connectivity index (χ2n) is 5.70. The van der Waals surface area contributed by atoms with Crippen LogP contribution >= 0.6 is 0 Å². The summed E-state index contributed by atoms with van der Waals surface area (Å²) >= 11 is 0. The largest absolute Gasteiger partial charge is 0.508 e. The smallest absolute Gasteiger partial charge is 0.224 e. The number of fused-ring (bicyclic) bond motifs is 1.